The van der Waals surface area contributed by atoms with E-state index in [9.17, 15) is 18.7 Å². The summed E-state index contributed by atoms with van der Waals surface area (Å²) in [7, 11) is 0. The van der Waals surface area contributed by atoms with Crippen molar-refractivity contribution in [3.63, 3.8) is 0 Å². The Morgan fingerprint density at radius 2 is 2.07 bits per heavy atom. The minimum Gasteiger partial charge on any atom is -0.393 e. The van der Waals surface area contributed by atoms with Crippen LogP contribution in [0.25, 0.3) is 0 Å². The van der Waals surface area contributed by atoms with Crippen LogP contribution < -0.4 is 10.6 Å². The Hall–Kier alpha value is -2.20. The molecule has 1 heterocycles. The second-order valence-electron chi connectivity index (χ2n) is 7.66. The lowest BCUT2D eigenvalue weighted by Gasteiger charge is -2.22. The maximum Gasteiger partial charge on any atom is 0.345 e. The molecule has 0 aromatic carbocycles. The van der Waals surface area contributed by atoms with Crippen LogP contribution >= 0.6 is 0 Å². The largest absolute Gasteiger partial charge is 0.393 e. The Labute approximate surface area is 168 Å². The lowest BCUT2D eigenvalue weighted by atomic mass is 9.88. The molecule has 0 saturated heterocycles. The molecule has 3 rings (SSSR count). The normalized spacial score (nSPS) is 23.3. The number of rotatable bonds is 9. The highest BCUT2D eigenvalue weighted by Gasteiger charge is 2.26. The number of nitrogens with zero attached hydrogens (tertiary/aromatic N) is 3. The molecular weight excluding hydrogens is 384 g/mol. The van der Waals surface area contributed by atoms with Crippen LogP contribution in [-0.4, -0.2) is 58.6 Å². The molecule has 2 saturated carbocycles. The van der Waals surface area contributed by atoms with Crippen LogP contribution in [0.3, 0.4) is 0 Å². The molecule has 0 unspecified atom stereocenters. The van der Waals surface area contributed by atoms with Crippen molar-refractivity contribution < 1.29 is 23.4 Å². The summed E-state index contributed by atoms with van der Waals surface area (Å²) >= 11 is 0. The zero-order chi connectivity index (χ0) is 20.8. The number of aliphatic hydroxyl groups excluding tert-OH is 1. The molecule has 29 heavy (non-hydrogen) atoms. The molecule has 0 bridgehead atoms. The molecule has 2 fully saturated rings. The van der Waals surface area contributed by atoms with E-state index in [-0.39, 0.29) is 47.9 Å². The molecule has 1 aromatic rings. The Balaban J connectivity index is 1.72. The maximum atomic E-state index is 12.5. The summed E-state index contributed by atoms with van der Waals surface area (Å²) in [5.74, 6) is 0.347. The van der Waals surface area contributed by atoms with Gasteiger partial charge in [0.05, 0.1) is 12.7 Å². The van der Waals surface area contributed by atoms with Gasteiger partial charge < -0.3 is 20.5 Å². The first-order chi connectivity index (χ1) is 13.9. The molecule has 1 aromatic heterocycles. The molecule has 1 amide bonds. The highest BCUT2D eigenvalue weighted by atomic mass is 19.3. The van der Waals surface area contributed by atoms with E-state index in [1.807, 2.05) is 0 Å². The highest BCUT2D eigenvalue weighted by molar-refractivity contribution is 5.98. The molecule has 8 nitrogen and oxygen atoms in total. The lowest BCUT2D eigenvalue weighted by Crippen LogP contribution is -2.27. The third kappa shape index (κ3) is 6.97. The van der Waals surface area contributed by atoms with Gasteiger partial charge in [-0.1, -0.05) is 0 Å². The van der Waals surface area contributed by atoms with Crippen molar-refractivity contribution in [2.24, 2.45) is 10.9 Å². The number of nitrogens with one attached hydrogen (secondary N) is 2. The molecule has 2 aliphatic rings. The molecule has 0 spiro atoms. The zero-order valence-corrected chi connectivity index (χ0v) is 16.4. The van der Waals surface area contributed by atoms with Gasteiger partial charge in [0, 0.05) is 24.5 Å². The number of hydrogen-bond donors (Lipinski definition) is 3. The molecule has 160 valence electrons. The van der Waals surface area contributed by atoms with E-state index < -0.39 is 12.7 Å². The fourth-order valence-corrected chi connectivity index (χ4v) is 3.10. The van der Waals surface area contributed by atoms with Crippen LogP contribution in [0, 0.1) is 5.92 Å². The van der Waals surface area contributed by atoms with Gasteiger partial charge in [-0.25, -0.2) is 9.98 Å². The summed E-state index contributed by atoms with van der Waals surface area (Å²) in [6.45, 7) is -1.40. The predicted molar refractivity (Wildman–Crippen MR) is 104 cm³/mol. The molecule has 1 atom stereocenters. The Bertz CT molecular complexity index is 722. The van der Waals surface area contributed by atoms with Crippen LogP contribution in [-0.2, 0) is 4.74 Å². The number of aromatic nitrogens is 2. The molecular formula is C19H27F2N5O3. The van der Waals surface area contributed by atoms with E-state index in [0.717, 1.165) is 38.5 Å². The third-order valence-electron chi connectivity index (χ3n) is 4.92. The van der Waals surface area contributed by atoms with E-state index >= 15 is 0 Å². The first kappa shape index (κ1) is 21.5. The lowest BCUT2D eigenvalue weighted by molar-refractivity contribution is -0.130. The summed E-state index contributed by atoms with van der Waals surface area (Å²) in [5, 5.41) is 15.4. The van der Waals surface area contributed by atoms with Gasteiger partial charge in [-0.3, -0.25) is 4.79 Å². The number of anilines is 1. The van der Waals surface area contributed by atoms with Crippen LogP contribution in [0.5, 0.6) is 0 Å². The molecule has 0 radical (unpaired) electrons. The minimum absolute atomic E-state index is 0.184. The smallest absolute Gasteiger partial charge is 0.345 e. The van der Waals surface area contributed by atoms with E-state index in [2.05, 4.69) is 30.3 Å². The number of hydrogen-bond acceptors (Lipinski definition) is 7. The minimum atomic E-state index is -2.84. The van der Waals surface area contributed by atoms with Crippen molar-refractivity contribution in [2.45, 2.75) is 70.2 Å². The van der Waals surface area contributed by atoms with Gasteiger partial charge in [-0.05, 0) is 51.4 Å². The summed E-state index contributed by atoms with van der Waals surface area (Å²) in [4.78, 5) is 25.4. The first-order valence-electron chi connectivity index (χ1n) is 9.97. The number of carbonyl (C=O) groups excluding carboxylic acids is 1. The fourth-order valence-electron chi connectivity index (χ4n) is 3.10. The van der Waals surface area contributed by atoms with Gasteiger partial charge in [-0.2, -0.15) is 13.8 Å². The van der Waals surface area contributed by atoms with Crippen LogP contribution in [0.1, 0.15) is 55.8 Å². The van der Waals surface area contributed by atoms with Crippen LogP contribution in [0.15, 0.2) is 11.2 Å². The van der Waals surface area contributed by atoms with Crippen molar-refractivity contribution in [1.29, 1.82) is 0 Å². The van der Waals surface area contributed by atoms with Gasteiger partial charge in [0.2, 0.25) is 5.95 Å². The van der Waals surface area contributed by atoms with Crippen molar-refractivity contribution in [3.8, 4) is 0 Å². The van der Waals surface area contributed by atoms with E-state index in [0.29, 0.717) is 0 Å². The van der Waals surface area contributed by atoms with Crippen molar-refractivity contribution in [3.05, 3.63) is 11.8 Å². The summed E-state index contributed by atoms with van der Waals surface area (Å²) in [6, 6.07) is -0.268. The molecule has 3 N–H and O–H groups in total. The Kier molecular flexibility index (Phi) is 7.43. The van der Waals surface area contributed by atoms with Crippen molar-refractivity contribution >= 4 is 23.9 Å². The van der Waals surface area contributed by atoms with Gasteiger partial charge in [-0.15, -0.1) is 0 Å². The zero-order valence-electron chi connectivity index (χ0n) is 16.4. The quantitative estimate of drug-likeness (QED) is 0.539. The van der Waals surface area contributed by atoms with Gasteiger partial charge in [0.25, 0.3) is 5.91 Å². The van der Waals surface area contributed by atoms with E-state index in [1.54, 1.807) is 13.1 Å². The second kappa shape index (κ2) is 10.0. The molecule has 2 aliphatic carbocycles. The average Bonchev–Trinajstić information content (AvgIpc) is 3.50. The number of amides is 1. The summed E-state index contributed by atoms with van der Waals surface area (Å²) < 4.78 is 28.7. The van der Waals surface area contributed by atoms with E-state index in [4.69, 9.17) is 0 Å². The molecule has 0 aliphatic heterocycles. The highest BCUT2D eigenvalue weighted by Crippen LogP contribution is 2.25. The van der Waals surface area contributed by atoms with Crippen LogP contribution in [0.2, 0.25) is 0 Å². The van der Waals surface area contributed by atoms with Crippen molar-refractivity contribution in [1.82, 2.24) is 15.3 Å². The Morgan fingerprint density at radius 3 is 2.72 bits per heavy atom. The van der Waals surface area contributed by atoms with Gasteiger partial charge in [0.15, 0.2) is 5.82 Å². The average molecular weight is 411 g/mol. The monoisotopic (exact) mass is 411 g/mol. The number of carbonyl (C=O) groups is 1. The first-order valence-corrected chi connectivity index (χ1v) is 9.97. The summed E-state index contributed by atoms with van der Waals surface area (Å²) in [6.07, 6.45) is 7.92. The molecule has 10 heteroatoms. The number of aliphatic imine (C=N–C) groups is 1. The third-order valence-corrected chi connectivity index (χ3v) is 4.92. The summed E-state index contributed by atoms with van der Waals surface area (Å²) in [5.41, 5.74) is 0.269. The number of alkyl halides is 2. The van der Waals surface area contributed by atoms with Crippen LogP contribution in [0.4, 0.5) is 20.5 Å². The number of aliphatic hydroxyl groups is 1. The van der Waals surface area contributed by atoms with Gasteiger partial charge in [0.1, 0.15) is 5.56 Å². The number of halogens is 2. The van der Waals surface area contributed by atoms with Crippen molar-refractivity contribution in [2.75, 3.05) is 11.9 Å². The number of ether oxygens (including phenoxy) is 1. The standard InChI is InChI=1S/C19H27F2N5O3/c1-11(10-29-18(20)21)24-19-23-9-15(17(28)25-13-4-5-13)16(26-19)22-8-12-2-6-14(27)7-3-12/h8-9,11-14,18,27H,2-7,10H2,1H3,(H,25,28)(H,23,24,26)/t11-,12?,14?/m0/s1. The van der Waals surface area contributed by atoms with E-state index in [1.165, 1.54) is 6.20 Å². The van der Waals surface area contributed by atoms with Gasteiger partial charge >= 0.3 is 6.61 Å². The predicted octanol–water partition coefficient (Wildman–Crippen LogP) is 2.66. The Morgan fingerprint density at radius 1 is 1.34 bits per heavy atom. The fraction of sp³-hybridized carbons (Fsp3) is 0.684. The maximum absolute atomic E-state index is 12.5. The SMILES string of the molecule is C[C@@H](COC(F)F)Nc1ncc(C(=O)NC2CC2)c(N=CC2CCC(O)CC2)n1. The second-order valence-corrected chi connectivity index (χ2v) is 7.66. The topological polar surface area (TPSA) is 109 Å².